The number of halogens is 1. The molecule has 0 aliphatic rings. The maximum Gasteiger partial charge on any atom is 0.210 e. The van der Waals surface area contributed by atoms with Crippen molar-refractivity contribution in [1.29, 1.82) is 0 Å². The Morgan fingerprint density at radius 2 is 1.67 bits per heavy atom. The van der Waals surface area contributed by atoms with Crippen LogP contribution in [-0.2, 0) is 0 Å². The minimum atomic E-state index is -1.08. The first-order chi connectivity index (χ1) is 3.85. The van der Waals surface area contributed by atoms with E-state index >= 15 is 0 Å². The van der Waals surface area contributed by atoms with Crippen molar-refractivity contribution in [1.82, 2.24) is 4.57 Å². The van der Waals surface area contributed by atoms with Gasteiger partial charge in [0.15, 0.2) is 0 Å². The molecule has 0 N–H and O–H groups in total. The summed E-state index contributed by atoms with van der Waals surface area (Å²) in [5.74, 6) is 0. The SMILES string of the molecule is CN([SiH](C)Cl)C(C)(C)C. The fourth-order valence-corrected chi connectivity index (χ4v) is 2.48. The van der Waals surface area contributed by atoms with Crippen molar-refractivity contribution in [2.45, 2.75) is 32.9 Å². The Kier molecular flexibility index (Phi) is 3.19. The first-order valence-corrected chi connectivity index (χ1v) is 6.64. The molecule has 0 aliphatic carbocycles. The normalized spacial score (nSPS) is 16.3. The van der Waals surface area contributed by atoms with Crippen LogP contribution in [0.5, 0.6) is 0 Å². The smallest absolute Gasteiger partial charge is 0.210 e. The molecular formula is C6H16ClNSi. The van der Waals surface area contributed by atoms with Crippen LogP contribution in [0.2, 0.25) is 6.55 Å². The van der Waals surface area contributed by atoms with Gasteiger partial charge in [0, 0.05) is 5.54 Å². The van der Waals surface area contributed by atoms with Crippen LogP contribution in [0.15, 0.2) is 0 Å². The monoisotopic (exact) mass is 165 g/mol. The second kappa shape index (κ2) is 3.04. The molecule has 0 fully saturated rings. The first kappa shape index (κ1) is 9.47. The predicted octanol–water partition coefficient (Wildman–Crippen LogP) is 1.81. The highest BCUT2D eigenvalue weighted by Gasteiger charge is 2.20. The van der Waals surface area contributed by atoms with Crippen LogP contribution >= 0.6 is 11.1 Å². The maximum absolute atomic E-state index is 5.98. The summed E-state index contributed by atoms with van der Waals surface area (Å²) in [6.07, 6.45) is 0. The first-order valence-electron chi connectivity index (χ1n) is 3.22. The molecule has 1 nitrogen and oxygen atoms in total. The lowest BCUT2D eigenvalue weighted by Crippen LogP contribution is -2.44. The highest BCUT2D eigenvalue weighted by atomic mass is 35.6. The molecule has 0 saturated carbocycles. The summed E-state index contributed by atoms with van der Waals surface area (Å²) in [5.41, 5.74) is 0.243. The summed E-state index contributed by atoms with van der Waals surface area (Å²) in [5, 5.41) is 0. The molecule has 0 aliphatic heterocycles. The summed E-state index contributed by atoms with van der Waals surface area (Å²) in [6, 6.07) is 0. The van der Waals surface area contributed by atoms with Gasteiger partial charge in [-0.3, -0.25) is 0 Å². The standard InChI is InChI=1S/C6H16ClNSi/c1-6(2,3)8(4)9(5)7/h9H,1-5H3. The molecule has 0 saturated heterocycles. The van der Waals surface area contributed by atoms with Crippen molar-refractivity contribution in [3.8, 4) is 0 Å². The topological polar surface area (TPSA) is 3.24 Å². The minimum Gasteiger partial charge on any atom is -0.312 e. The van der Waals surface area contributed by atoms with Crippen LogP contribution in [0.3, 0.4) is 0 Å². The third kappa shape index (κ3) is 3.23. The van der Waals surface area contributed by atoms with Crippen molar-refractivity contribution >= 4 is 19.3 Å². The minimum absolute atomic E-state index is 0.243. The van der Waals surface area contributed by atoms with E-state index in [9.17, 15) is 0 Å². The van der Waals surface area contributed by atoms with Gasteiger partial charge in [0.1, 0.15) is 0 Å². The molecule has 0 rings (SSSR count). The molecule has 56 valence electrons. The van der Waals surface area contributed by atoms with Crippen LogP contribution in [0, 0.1) is 0 Å². The van der Waals surface area contributed by atoms with E-state index in [0.29, 0.717) is 0 Å². The van der Waals surface area contributed by atoms with Gasteiger partial charge in [0.05, 0.1) is 0 Å². The highest BCUT2D eigenvalue weighted by molar-refractivity contribution is 7.04. The second-order valence-electron chi connectivity index (χ2n) is 3.36. The Hall–Kier alpha value is 0.467. The zero-order valence-corrected chi connectivity index (χ0v) is 8.81. The summed E-state index contributed by atoms with van der Waals surface area (Å²) >= 11 is 5.98. The van der Waals surface area contributed by atoms with Gasteiger partial charge in [0.2, 0.25) is 8.27 Å². The molecule has 0 bridgehead atoms. The van der Waals surface area contributed by atoms with Gasteiger partial charge in [0.25, 0.3) is 0 Å². The van der Waals surface area contributed by atoms with Gasteiger partial charge in [-0.05, 0) is 34.4 Å². The molecule has 1 atom stereocenters. The Balaban J connectivity index is 3.88. The van der Waals surface area contributed by atoms with Gasteiger partial charge in [-0.1, -0.05) is 0 Å². The quantitative estimate of drug-likeness (QED) is 0.423. The number of hydrogen-bond donors (Lipinski definition) is 0. The predicted molar refractivity (Wildman–Crippen MR) is 46.4 cm³/mol. The molecule has 0 heterocycles. The van der Waals surface area contributed by atoms with Crippen LogP contribution < -0.4 is 0 Å². The molecule has 0 aromatic rings. The van der Waals surface area contributed by atoms with E-state index in [1.54, 1.807) is 0 Å². The Bertz CT molecular complexity index is 87.5. The maximum atomic E-state index is 5.98. The number of nitrogens with zero attached hydrogens (tertiary/aromatic N) is 1. The largest absolute Gasteiger partial charge is 0.312 e. The van der Waals surface area contributed by atoms with Gasteiger partial charge in [-0.25, -0.2) is 0 Å². The summed E-state index contributed by atoms with van der Waals surface area (Å²) in [6.45, 7) is 8.66. The van der Waals surface area contributed by atoms with E-state index in [-0.39, 0.29) is 5.54 Å². The molecule has 0 spiro atoms. The fourth-order valence-electron chi connectivity index (χ4n) is 0.534. The molecule has 0 aromatic carbocycles. The summed E-state index contributed by atoms with van der Waals surface area (Å²) in [4.78, 5) is 0. The fraction of sp³-hybridized carbons (Fsp3) is 1.00. The zero-order chi connectivity index (χ0) is 7.65. The molecule has 0 aromatic heterocycles. The zero-order valence-electron chi connectivity index (χ0n) is 6.90. The average molecular weight is 166 g/mol. The van der Waals surface area contributed by atoms with Crippen molar-refractivity contribution < 1.29 is 0 Å². The lowest BCUT2D eigenvalue weighted by molar-refractivity contribution is 0.298. The van der Waals surface area contributed by atoms with E-state index in [4.69, 9.17) is 11.1 Å². The van der Waals surface area contributed by atoms with Gasteiger partial charge in [-0.2, -0.15) is 11.1 Å². The highest BCUT2D eigenvalue weighted by Crippen LogP contribution is 2.13. The van der Waals surface area contributed by atoms with E-state index in [1.807, 2.05) is 0 Å². The Morgan fingerprint density at radius 3 is 1.67 bits per heavy atom. The summed E-state index contributed by atoms with van der Waals surface area (Å²) in [7, 11) is 1.00. The van der Waals surface area contributed by atoms with E-state index in [1.165, 1.54) is 0 Å². The van der Waals surface area contributed by atoms with Crippen molar-refractivity contribution in [2.24, 2.45) is 0 Å². The van der Waals surface area contributed by atoms with Gasteiger partial charge >= 0.3 is 0 Å². The van der Waals surface area contributed by atoms with Crippen LogP contribution in [0.4, 0.5) is 0 Å². The van der Waals surface area contributed by atoms with Crippen LogP contribution in [0.25, 0.3) is 0 Å². The average Bonchev–Trinajstić information content (AvgIpc) is 1.62. The van der Waals surface area contributed by atoms with Crippen LogP contribution in [0.1, 0.15) is 20.8 Å². The Morgan fingerprint density at radius 1 is 1.33 bits per heavy atom. The molecular weight excluding hydrogens is 150 g/mol. The lowest BCUT2D eigenvalue weighted by Gasteiger charge is -2.33. The number of hydrogen-bond acceptors (Lipinski definition) is 1. The van der Waals surface area contributed by atoms with E-state index in [0.717, 1.165) is 0 Å². The van der Waals surface area contributed by atoms with E-state index < -0.39 is 8.27 Å². The Labute approximate surface area is 64.4 Å². The second-order valence-corrected chi connectivity index (χ2v) is 7.17. The molecule has 0 amide bonds. The molecule has 9 heavy (non-hydrogen) atoms. The third-order valence-electron chi connectivity index (χ3n) is 1.59. The van der Waals surface area contributed by atoms with E-state index in [2.05, 4.69) is 38.9 Å². The summed E-state index contributed by atoms with van der Waals surface area (Å²) < 4.78 is 2.26. The lowest BCUT2D eigenvalue weighted by atomic mass is 10.1. The van der Waals surface area contributed by atoms with Gasteiger partial charge < -0.3 is 4.57 Å². The van der Waals surface area contributed by atoms with Crippen molar-refractivity contribution in [3.05, 3.63) is 0 Å². The third-order valence-corrected chi connectivity index (χ3v) is 4.31. The van der Waals surface area contributed by atoms with Crippen molar-refractivity contribution in [2.75, 3.05) is 7.05 Å². The van der Waals surface area contributed by atoms with Crippen molar-refractivity contribution in [3.63, 3.8) is 0 Å². The molecule has 1 unspecified atom stereocenters. The molecule has 0 radical (unpaired) electrons. The number of rotatable bonds is 1. The van der Waals surface area contributed by atoms with Crippen LogP contribution in [-0.4, -0.2) is 25.4 Å². The molecule has 3 heteroatoms. The van der Waals surface area contributed by atoms with Gasteiger partial charge in [-0.15, -0.1) is 0 Å².